The number of Topliss-reactive ketones (excluding diaryl/α,β-unsaturated/α-hetero) is 2. The summed E-state index contributed by atoms with van der Waals surface area (Å²) in [6.45, 7) is 0.545. The van der Waals surface area contributed by atoms with Crippen LogP contribution >= 0.6 is 0 Å². The predicted octanol–water partition coefficient (Wildman–Crippen LogP) is 0.618. The van der Waals surface area contributed by atoms with Gasteiger partial charge in [-0.15, -0.1) is 0 Å². The van der Waals surface area contributed by atoms with E-state index in [9.17, 15) is 14.4 Å². The summed E-state index contributed by atoms with van der Waals surface area (Å²) >= 11 is 0. The highest BCUT2D eigenvalue weighted by Gasteiger charge is 2.32. The molecule has 7 nitrogen and oxygen atoms in total. The number of aromatic nitrogens is 2. The summed E-state index contributed by atoms with van der Waals surface area (Å²) in [7, 11) is 0. The van der Waals surface area contributed by atoms with Crippen molar-refractivity contribution in [2.24, 2.45) is 5.92 Å². The van der Waals surface area contributed by atoms with Crippen LogP contribution < -0.4 is 0 Å². The normalized spacial score (nSPS) is 16.1. The fourth-order valence-corrected chi connectivity index (χ4v) is 2.04. The molecule has 1 aliphatic rings. The summed E-state index contributed by atoms with van der Waals surface area (Å²) in [5.41, 5.74) is 0. The zero-order valence-corrected chi connectivity index (χ0v) is 10.2. The second-order valence-electron chi connectivity index (χ2n) is 4.31. The highest BCUT2D eigenvalue weighted by atomic mass is 16.4. The fraction of sp³-hybridized carbons (Fsp3) is 0.417. The van der Waals surface area contributed by atoms with Crippen LogP contribution in [0.3, 0.4) is 0 Å². The quantitative estimate of drug-likeness (QED) is 0.633. The van der Waals surface area contributed by atoms with Gasteiger partial charge in [0.2, 0.25) is 11.6 Å². The molecule has 100 valence electrons. The summed E-state index contributed by atoms with van der Waals surface area (Å²) in [5.74, 6) is -1.77. The average Bonchev–Trinajstić information content (AvgIpc) is 2.46. The van der Waals surface area contributed by atoms with Crippen molar-refractivity contribution in [1.29, 1.82) is 0 Å². The third-order valence-electron chi connectivity index (χ3n) is 3.13. The smallest absolute Gasteiger partial charge is 0.407 e. The van der Waals surface area contributed by atoms with Crippen molar-refractivity contribution in [3.05, 3.63) is 24.3 Å². The van der Waals surface area contributed by atoms with Crippen LogP contribution in [0.5, 0.6) is 0 Å². The molecule has 1 N–H and O–H groups in total. The molecular weight excluding hydrogens is 250 g/mol. The van der Waals surface area contributed by atoms with Gasteiger partial charge in [0.1, 0.15) is 0 Å². The van der Waals surface area contributed by atoms with E-state index in [2.05, 4.69) is 9.97 Å². The number of likely N-dealkylation sites (tertiary alicyclic amines) is 1. The van der Waals surface area contributed by atoms with Gasteiger partial charge in [-0.05, 0) is 18.9 Å². The highest BCUT2D eigenvalue weighted by Crippen LogP contribution is 2.19. The Bertz CT molecular complexity index is 495. The predicted molar refractivity (Wildman–Crippen MR) is 63.7 cm³/mol. The molecule has 1 aliphatic heterocycles. The Morgan fingerprint density at radius 2 is 1.74 bits per heavy atom. The Kier molecular flexibility index (Phi) is 3.84. The SMILES string of the molecule is O=C(C(=O)C1CCN(C(=O)O)CC1)c1ncccn1. The van der Waals surface area contributed by atoms with E-state index in [-0.39, 0.29) is 18.9 Å². The minimum absolute atomic E-state index is 0.104. The van der Waals surface area contributed by atoms with Gasteiger partial charge in [-0.25, -0.2) is 14.8 Å². The molecule has 1 aromatic heterocycles. The lowest BCUT2D eigenvalue weighted by atomic mass is 9.90. The van der Waals surface area contributed by atoms with Gasteiger partial charge >= 0.3 is 6.09 Å². The molecule has 1 fully saturated rings. The number of hydrogen-bond acceptors (Lipinski definition) is 5. The van der Waals surface area contributed by atoms with Crippen LogP contribution in [0.4, 0.5) is 4.79 Å². The largest absolute Gasteiger partial charge is 0.465 e. The van der Waals surface area contributed by atoms with Gasteiger partial charge in [0.25, 0.3) is 5.78 Å². The van der Waals surface area contributed by atoms with Crippen LogP contribution in [0.2, 0.25) is 0 Å². The molecule has 2 rings (SSSR count). The van der Waals surface area contributed by atoms with Gasteiger partial charge in [0, 0.05) is 31.4 Å². The number of hydrogen-bond donors (Lipinski definition) is 1. The maximum Gasteiger partial charge on any atom is 0.407 e. The first-order chi connectivity index (χ1) is 9.09. The van der Waals surface area contributed by atoms with Crippen molar-refractivity contribution in [1.82, 2.24) is 14.9 Å². The zero-order valence-electron chi connectivity index (χ0n) is 10.2. The number of amides is 1. The summed E-state index contributed by atoms with van der Waals surface area (Å²) in [6.07, 6.45) is 2.54. The summed E-state index contributed by atoms with van der Waals surface area (Å²) in [4.78, 5) is 43.3. The molecule has 2 heterocycles. The number of carbonyl (C=O) groups excluding carboxylic acids is 2. The summed E-state index contributed by atoms with van der Waals surface area (Å²) in [6, 6.07) is 1.56. The van der Waals surface area contributed by atoms with Crippen LogP contribution in [-0.2, 0) is 4.79 Å². The van der Waals surface area contributed by atoms with Gasteiger partial charge in [-0.2, -0.15) is 0 Å². The molecule has 1 saturated heterocycles. The molecule has 0 aromatic carbocycles. The van der Waals surface area contributed by atoms with E-state index < -0.39 is 23.6 Å². The Morgan fingerprint density at radius 3 is 2.26 bits per heavy atom. The lowest BCUT2D eigenvalue weighted by Gasteiger charge is -2.28. The van der Waals surface area contributed by atoms with E-state index in [4.69, 9.17) is 5.11 Å². The topological polar surface area (TPSA) is 100 Å². The van der Waals surface area contributed by atoms with Crippen molar-refractivity contribution in [3.8, 4) is 0 Å². The third-order valence-corrected chi connectivity index (χ3v) is 3.13. The lowest BCUT2D eigenvalue weighted by Crippen LogP contribution is -2.41. The van der Waals surface area contributed by atoms with Crippen LogP contribution in [0.25, 0.3) is 0 Å². The monoisotopic (exact) mass is 263 g/mol. The maximum atomic E-state index is 12.0. The van der Waals surface area contributed by atoms with E-state index in [0.29, 0.717) is 12.8 Å². The average molecular weight is 263 g/mol. The van der Waals surface area contributed by atoms with E-state index in [1.165, 1.54) is 17.3 Å². The number of carboxylic acid groups (broad SMARTS) is 1. The van der Waals surface area contributed by atoms with Gasteiger partial charge in [-0.1, -0.05) is 0 Å². The van der Waals surface area contributed by atoms with Crippen LogP contribution in [0.1, 0.15) is 23.5 Å². The number of piperidine rings is 1. The van der Waals surface area contributed by atoms with Crippen molar-refractivity contribution in [2.75, 3.05) is 13.1 Å². The molecule has 1 amide bonds. The Morgan fingerprint density at radius 1 is 1.16 bits per heavy atom. The molecule has 0 radical (unpaired) electrons. The number of ketones is 2. The molecule has 0 unspecified atom stereocenters. The minimum atomic E-state index is -0.997. The molecular formula is C12H13N3O4. The molecule has 0 aliphatic carbocycles. The molecule has 0 bridgehead atoms. The van der Waals surface area contributed by atoms with E-state index in [1.807, 2.05) is 0 Å². The summed E-state index contributed by atoms with van der Waals surface area (Å²) < 4.78 is 0. The Labute approximate surface area is 109 Å². The fourth-order valence-electron chi connectivity index (χ4n) is 2.04. The summed E-state index contributed by atoms with van der Waals surface area (Å²) in [5, 5.41) is 8.80. The van der Waals surface area contributed by atoms with Gasteiger partial charge in [0.15, 0.2) is 0 Å². The lowest BCUT2D eigenvalue weighted by molar-refractivity contribution is -0.119. The zero-order chi connectivity index (χ0) is 13.8. The Balaban J connectivity index is 1.98. The second kappa shape index (κ2) is 5.55. The molecule has 19 heavy (non-hydrogen) atoms. The Hall–Kier alpha value is -2.31. The van der Waals surface area contributed by atoms with Gasteiger partial charge in [-0.3, -0.25) is 9.59 Å². The maximum absolute atomic E-state index is 12.0. The minimum Gasteiger partial charge on any atom is -0.465 e. The van der Waals surface area contributed by atoms with Crippen molar-refractivity contribution in [2.45, 2.75) is 12.8 Å². The molecule has 0 spiro atoms. The standard InChI is InChI=1S/C12H13N3O4/c16-9(10(17)11-13-4-1-5-14-11)8-2-6-15(7-3-8)12(18)19/h1,4-5,8H,2-3,6-7H2,(H,18,19). The van der Waals surface area contributed by atoms with Gasteiger partial charge < -0.3 is 10.0 Å². The van der Waals surface area contributed by atoms with Gasteiger partial charge in [0.05, 0.1) is 0 Å². The molecule has 1 aromatic rings. The van der Waals surface area contributed by atoms with E-state index >= 15 is 0 Å². The first-order valence-electron chi connectivity index (χ1n) is 5.93. The van der Waals surface area contributed by atoms with Crippen molar-refractivity contribution in [3.63, 3.8) is 0 Å². The van der Waals surface area contributed by atoms with Crippen LogP contribution in [-0.4, -0.2) is 50.7 Å². The van der Waals surface area contributed by atoms with E-state index in [1.54, 1.807) is 6.07 Å². The molecule has 7 heteroatoms. The van der Waals surface area contributed by atoms with Crippen LogP contribution in [0.15, 0.2) is 18.5 Å². The number of carbonyl (C=O) groups is 3. The molecule has 0 saturated carbocycles. The van der Waals surface area contributed by atoms with Crippen molar-refractivity contribution >= 4 is 17.7 Å². The first kappa shape index (κ1) is 13.1. The molecule has 0 atom stereocenters. The highest BCUT2D eigenvalue weighted by molar-refractivity contribution is 6.43. The number of rotatable bonds is 3. The number of nitrogens with zero attached hydrogens (tertiary/aromatic N) is 3. The third kappa shape index (κ3) is 2.93. The first-order valence-corrected chi connectivity index (χ1v) is 5.93. The van der Waals surface area contributed by atoms with Crippen molar-refractivity contribution < 1.29 is 19.5 Å². The van der Waals surface area contributed by atoms with E-state index in [0.717, 1.165) is 0 Å². The second-order valence-corrected chi connectivity index (χ2v) is 4.31. The van der Waals surface area contributed by atoms with Crippen LogP contribution in [0, 0.1) is 5.92 Å².